The Morgan fingerprint density at radius 1 is 1.69 bits per heavy atom. The van der Waals surface area contributed by atoms with E-state index in [1.54, 1.807) is 0 Å². The van der Waals surface area contributed by atoms with E-state index in [-0.39, 0.29) is 0 Å². The van der Waals surface area contributed by atoms with Crippen molar-refractivity contribution >= 4 is 5.97 Å². The lowest BCUT2D eigenvalue weighted by atomic mass is 9.77. The Kier molecular flexibility index (Phi) is 1.61. The van der Waals surface area contributed by atoms with E-state index in [1.807, 2.05) is 0 Å². The molecule has 0 saturated heterocycles. The van der Waals surface area contributed by atoms with Crippen LogP contribution in [0, 0.1) is 5.82 Å². The molecule has 1 aliphatic rings. The first-order valence-electron chi connectivity index (χ1n) is 4.09. The van der Waals surface area contributed by atoms with Crippen molar-refractivity contribution in [1.29, 1.82) is 0 Å². The van der Waals surface area contributed by atoms with Crippen molar-refractivity contribution in [3.05, 3.63) is 18.2 Å². The predicted octanol–water partition coefficient (Wildman–Crippen LogP) is 0.986. The van der Waals surface area contributed by atoms with E-state index >= 15 is 0 Å². The third-order valence-corrected chi connectivity index (χ3v) is 2.57. The maximum absolute atomic E-state index is 12.6. The lowest BCUT2D eigenvalue weighted by molar-refractivity contribution is -0.153. The fraction of sp³-hybridized carbons (Fsp3) is 0.500. The summed E-state index contributed by atoms with van der Waals surface area (Å²) in [6.45, 7) is 0. The molecule has 1 aromatic heterocycles. The summed E-state index contributed by atoms with van der Waals surface area (Å²) >= 11 is 0. The van der Waals surface area contributed by atoms with Crippen LogP contribution in [0.15, 0.2) is 12.4 Å². The molecule has 0 bridgehead atoms. The molecule has 1 fully saturated rings. The summed E-state index contributed by atoms with van der Waals surface area (Å²) in [4.78, 5) is 10.9. The van der Waals surface area contributed by atoms with Crippen molar-refractivity contribution in [3.63, 3.8) is 0 Å². The van der Waals surface area contributed by atoms with Crippen molar-refractivity contribution in [2.24, 2.45) is 0 Å². The minimum Gasteiger partial charge on any atom is -0.479 e. The van der Waals surface area contributed by atoms with Gasteiger partial charge in [-0.25, -0.2) is 9.18 Å². The molecular formula is C8H9FN2O2. The normalized spacial score (nSPS) is 19.5. The number of aromatic nitrogens is 2. The van der Waals surface area contributed by atoms with E-state index in [4.69, 9.17) is 5.11 Å². The van der Waals surface area contributed by atoms with Gasteiger partial charge in [0.05, 0.1) is 12.4 Å². The SMILES string of the molecule is O=C(O)C1(n2cc(F)cn2)CCC1. The van der Waals surface area contributed by atoms with E-state index in [2.05, 4.69) is 5.10 Å². The molecule has 0 spiro atoms. The summed E-state index contributed by atoms with van der Waals surface area (Å²) in [5.74, 6) is -1.42. The minimum absolute atomic E-state index is 0.493. The zero-order chi connectivity index (χ0) is 9.47. The van der Waals surface area contributed by atoms with Gasteiger partial charge in [0.2, 0.25) is 0 Å². The van der Waals surface area contributed by atoms with Gasteiger partial charge >= 0.3 is 5.97 Å². The number of nitrogens with zero attached hydrogens (tertiary/aromatic N) is 2. The van der Waals surface area contributed by atoms with E-state index in [1.165, 1.54) is 4.68 Å². The second-order valence-electron chi connectivity index (χ2n) is 3.29. The number of halogens is 1. The van der Waals surface area contributed by atoms with Crippen molar-refractivity contribution in [1.82, 2.24) is 9.78 Å². The Morgan fingerprint density at radius 2 is 2.38 bits per heavy atom. The topological polar surface area (TPSA) is 55.1 Å². The molecule has 0 aliphatic heterocycles. The molecule has 0 aromatic carbocycles. The third kappa shape index (κ3) is 1.03. The highest BCUT2D eigenvalue weighted by molar-refractivity contribution is 5.77. The monoisotopic (exact) mass is 184 g/mol. The maximum atomic E-state index is 12.6. The van der Waals surface area contributed by atoms with E-state index in [0.29, 0.717) is 12.8 Å². The van der Waals surface area contributed by atoms with Crippen LogP contribution in [0.1, 0.15) is 19.3 Å². The molecule has 0 amide bonds. The van der Waals surface area contributed by atoms with Gasteiger partial charge in [-0.2, -0.15) is 5.10 Å². The number of carbonyl (C=O) groups is 1. The largest absolute Gasteiger partial charge is 0.479 e. The number of hydrogen-bond acceptors (Lipinski definition) is 2. The average Bonchev–Trinajstić information content (AvgIpc) is 2.32. The van der Waals surface area contributed by atoms with Crippen LogP contribution in [0.2, 0.25) is 0 Å². The number of hydrogen-bond donors (Lipinski definition) is 1. The smallest absolute Gasteiger partial charge is 0.331 e. The Bertz CT molecular complexity index is 344. The van der Waals surface area contributed by atoms with Gasteiger partial charge in [0.25, 0.3) is 0 Å². The minimum atomic E-state index is -0.982. The fourth-order valence-corrected chi connectivity index (χ4v) is 1.59. The van der Waals surface area contributed by atoms with Gasteiger partial charge in [-0.1, -0.05) is 0 Å². The molecule has 70 valence electrons. The maximum Gasteiger partial charge on any atom is 0.331 e. The highest BCUT2D eigenvalue weighted by Crippen LogP contribution is 2.38. The Hall–Kier alpha value is -1.39. The third-order valence-electron chi connectivity index (χ3n) is 2.57. The number of rotatable bonds is 2. The van der Waals surface area contributed by atoms with Gasteiger partial charge in [-0.3, -0.25) is 4.68 Å². The first kappa shape index (κ1) is 8.22. The molecule has 13 heavy (non-hydrogen) atoms. The summed E-state index contributed by atoms with van der Waals surface area (Å²) in [5, 5.41) is 12.7. The molecule has 1 aliphatic carbocycles. The van der Waals surface area contributed by atoms with E-state index in [0.717, 1.165) is 18.8 Å². The molecule has 0 radical (unpaired) electrons. The lowest BCUT2D eigenvalue weighted by Crippen LogP contribution is -2.48. The quantitative estimate of drug-likeness (QED) is 0.745. The number of aliphatic carboxylic acids is 1. The lowest BCUT2D eigenvalue weighted by Gasteiger charge is -2.37. The molecule has 4 nitrogen and oxygen atoms in total. The van der Waals surface area contributed by atoms with Gasteiger partial charge in [0.15, 0.2) is 11.4 Å². The summed E-state index contributed by atoms with van der Waals surface area (Å²) in [6.07, 6.45) is 4.08. The Balaban J connectivity index is 2.37. The van der Waals surface area contributed by atoms with E-state index < -0.39 is 17.3 Å². The van der Waals surface area contributed by atoms with Crippen LogP contribution in [0.25, 0.3) is 0 Å². The summed E-state index contributed by atoms with van der Waals surface area (Å²) < 4.78 is 13.8. The highest BCUT2D eigenvalue weighted by Gasteiger charge is 2.47. The molecule has 1 heterocycles. The summed E-state index contributed by atoms with van der Waals surface area (Å²) in [7, 11) is 0. The van der Waals surface area contributed by atoms with E-state index in [9.17, 15) is 9.18 Å². The highest BCUT2D eigenvalue weighted by atomic mass is 19.1. The van der Waals surface area contributed by atoms with Gasteiger partial charge in [0.1, 0.15) is 0 Å². The van der Waals surface area contributed by atoms with Crippen molar-refractivity contribution in [2.75, 3.05) is 0 Å². The van der Waals surface area contributed by atoms with Gasteiger partial charge in [-0.15, -0.1) is 0 Å². The molecule has 0 unspecified atom stereocenters. The van der Waals surface area contributed by atoms with Crippen LogP contribution in [0.5, 0.6) is 0 Å². The molecule has 1 N–H and O–H groups in total. The van der Waals surface area contributed by atoms with Crippen molar-refractivity contribution < 1.29 is 14.3 Å². The fourth-order valence-electron chi connectivity index (χ4n) is 1.59. The molecule has 1 aromatic rings. The van der Waals surface area contributed by atoms with Crippen LogP contribution in [0.3, 0.4) is 0 Å². The van der Waals surface area contributed by atoms with Crippen LogP contribution in [-0.2, 0) is 10.3 Å². The molecule has 2 rings (SSSR count). The Morgan fingerprint density at radius 3 is 2.69 bits per heavy atom. The first-order chi connectivity index (χ1) is 6.15. The van der Waals surface area contributed by atoms with Crippen LogP contribution >= 0.6 is 0 Å². The summed E-state index contributed by atoms with van der Waals surface area (Å²) in [5.41, 5.74) is -0.982. The van der Waals surface area contributed by atoms with Gasteiger partial charge in [0, 0.05) is 0 Å². The number of carboxylic acids is 1. The molecular weight excluding hydrogens is 175 g/mol. The van der Waals surface area contributed by atoms with Gasteiger partial charge in [-0.05, 0) is 19.3 Å². The number of carboxylic acid groups (broad SMARTS) is 1. The molecule has 0 atom stereocenters. The average molecular weight is 184 g/mol. The predicted molar refractivity (Wildman–Crippen MR) is 41.6 cm³/mol. The second-order valence-corrected chi connectivity index (χ2v) is 3.29. The van der Waals surface area contributed by atoms with Crippen LogP contribution in [-0.4, -0.2) is 20.9 Å². The standard InChI is InChI=1S/C8H9FN2O2/c9-6-4-10-11(5-6)8(7(12)13)2-1-3-8/h4-5H,1-3H2,(H,12,13). The Labute approximate surface area is 74.0 Å². The van der Waals surface area contributed by atoms with Crippen molar-refractivity contribution in [3.8, 4) is 0 Å². The molecule has 1 saturated carbocycles. The zero-order valence-corrected chi connectivity index (χ0v) is 6.90. The van der Waals surface area contributed by atoms with Crippen LogP contribution < -0.4 is 0 Å². The van der Waals surface area contributed by atoms with Crippen LogP contribution in [0.4, 0.5) is 4.39 Å². The van der Waals surface area contributed by atoms with Crippen molar-refractivity contribution in [2.45, 2.75) is 24.8 Å². The first-order valence-corrected chi connectivity index (χ1v) is 4.09. The van der Waals surface area contributed by atoms with Gasteiger partial charge < -0.3 is 5.11 Å². The molecule has 5 heteroatoms. The second kappa shape index (κ2) is 2.55. The zero-order valence-electron chi connectivity index (χ0n) is 6.90. The summed E-state index contributed by atoms with van der Waals surface area (Å²) in [6, 6.07) is 0.